The number of hydrogen-bond acceptors (Lipinski definition) is 3. The average Bonchev–Trinajstić information content (AvgIpc) is 3.89. The van der Waals surface area contributed by atoms with Crippen LogP contribution < -0.4 is 9.81 Å². The molecule has 0 bridgehead atoms. The van der Waals surface area contributed by atoms with Gasteiger partial charge in [0.1, 0.15) is 0 Å². The molecule has 0 unspecified atom stereocenters. The van der Waals surface area contributed by atoms with Gasteiger partial charge in [-0.1, -0.05) is 0 Å². The van der Waals surface area contributed by atoms with Gasteiger partial charge in [-0.05, 0) is 0 Å². The molecule has 0 aliphatic heterocycles. The second-order valence-electron chi connectivity index (χ2n) is 22.0. The summed E-state index contributed by atoms with van der Waals surface area (Å²) in [5, 5.41) is 4.59. The quantitative estimate of drug-likeness (QED) is 0.0636. The van der Waals surface area contributed by atoms with Crippen LogP contribution in [-0.2, 0) is 32.9 Å². The van der Waals surface area contributed by atoms with Crippen LogP contribution in [0.3, 0.4) is 0 Å². The minimum absolute atomic E-state index is 0.220. The summed E-state index contributed by atoms with van der Waals surface area (Å²) in [6, 6.07) is 29.0. The topological polar surface area (TPSA) is 42.5 Å². The number of nitrogens with zero attached hydrogens (tertiary/aromatic N) is 3. The van der Waals surface area contributed by atoms with Crippen molar-refractivity contribution in [2.75, 3.05) is 19.8 Å². The van der Waals surface area contributed by atoms with Gasteiger partial charge in [-0.3, -0.25) is 0 Å². The van der Waals surface area contributed by atoms with Gasteiger partial charge in [0.2, 0.25) is 0 Å². The van der Waals surface area contributed by atoms with Crippen molar-refractivity contribution in [1.82, 2.24) is 13.7 Å². The van der Waals surface area contributed by atoms with Gasteiger partial charge in [0.15, 0.2) is 0 Å². The van der Waals surface area contributed by atoms with E-state index in [1.807, 2.05) is 0 Å². The third kappa shape index (κ3) is 11.1. The molecule has 0 fully saturated rings. The number of aromatic nitrogens is 3. The van der Waals surface area contributed by atoms with E-state index in [-0.39, 0.29) is 15.1 Å². The second kappa shape index (κ2) is 18.7. The molecule has 0 amide bonds. The van der Waals surface area contributed by atoms with Gasteiger partial charge < -0.3 is 0 Å². The van der Waals surface area contributed by atoms with E-state index in [0.29, 0.717) is 0 Å². The molecule has 6 aromatic rings. The SMILES string of the molecule is CC(C)(C)[Si](C)(C)OCCCn1ccc2cc[c]([Bi]([c]3ccc4ccn(CCCO[Si](C)(C)C(C)(C)C)c4c3)[c]3ccc4ccn(CCCO[Si](C)(C)C(C)(C)C)c4c3)cc21. The molecular formula is C51H78BiN3O3Si3. The maximum atomic E-state index is 6.60. The van der Waals surface area contributed by atoms with Crippen molar-refractivity contribution in [3.8, 4) is 0 Å². The third-order valence-corrected chi connectivity index (χ3v) is 37.4. The van der Waals surface area contributed by atoms with Crippen molar-refractivity contribution in [3.05, 3.63) is 91.4 Å². The summed E-state index contributed by atoms with van der Waals surface area (Å²) >= 11 is -2.87. The van der Waals surface area contributed by atoms with Crippen molar-refractivity contribution in [2.45, 2.75) is 156 Å². The van der Waals surface area contributed by atoms with Gasteiger partial charge >= 0.3 is 383 Å². The Morgan fingerprint density at radius 1 is 0.410 bits per heavy atom. The minimum atomic E-state index is -2.87. The van der Waals surface area contributed by atoms with Crippen LogP contribution in [0.5, 0.6) is 0 Å². The number of benzene rings is 3. The van der Waals surface area contributed by atoms with E-state index < -0.39 is 46.7 Å². The fourth-order valence-corrected chi connectivity index (χ4v) is 19.6. The van der Waals surface area contributed by atoms with Crippen LogP contribution in [0, 0.1) is 0 Å². The summed E-state index contributed by atoms with van der Waals surface area (Å²) in [6.07, 6.45) is 9.88. The zero-order chi connectivity index (χ0) is 44.6. The molecule has 0 spiro atoms. The van der Waals surface area contributed by atoms with Crippen LogP contribution in [0.4, 0.5) is 0 Å². The Hall–Kier alpha value is -2.31. The van der Waals surface area contributed by atoms with E-state index in [0.717, 1.165) is 58.7 Å². The summed E-state index contributed by atoms with van der Waals surface area (Å²) in [4.78, 5) is 0. The Morgan fingerprint density at radius 3 is 0.918 bits per heavy atom. The van der Waals surface area contributed by atoms with Crippen molar-refractivity contribution in [3.63, 3.8) is 0 Å². The predicted octanol–water partition coefficient (Wildman–Crippen LogP) is 12.3. The fraction of sp³-hybridized carbons (Fsp3) is 0.529. The van der Waals surface area contributed by atoms with Crippen LogP contribution in [0.2, 0.25) is 54.4 Å². The maximum absolute atomic E-state index is 6.60. The Balaban J connectivity index is 1.32. The molecule has 6 nitrogen and oxygen atoms in total. The third-order valence-electron chi connectivity index (χ3n) is 14.5. The number of rotatable bonds is 18. The molecule has 0 N–H and O–H groups in total. The van der Waals surface area contributed by atoms with Crippen LogP contribution in [0.25, 0.3) is 32.7 Å². The molecular weight excluding hydrogens is 996 g/mol. The number of fused-ring (bicyclic) bond motifs is 3. The predicted molar refractivity (Wildman–Crippen MR) is 274 cm³/mol. The first-order valence-electron chi connectivity index (χ1n) is 22.9. The van der Waals surface area contributed by atoms with Gasteiger partial charge in [-0.25, -0.2) is 0 Å². The van der Waals surface area contributed by atoms with E-state index in [2.05, 4.69) is 207 Å². The van der Waals surface area contributed by atoms with E-state index >= 15 is 0 Å². The summed E-state index contributed by atoms with van der Waals surface area (Å²) in [5.74, 6) is 0. The van der Waals surface area contributed by atoms with Crippen LogP contribution in [0.1, 0.15) is 81.6 Å². The summed E-state index contributed by atoms with van der Waals surface area (Å²) in [5.41, 5.74) is 4.01. The van der Waals surface area contributed by atoms with Crippen molar-refractivity contribution < 1.29 is 13.3 Å². The molecule has 3 aromatic heterocycles. The average molecular weight is 1070 g/mol. The second-order valence-corrected chi connectivity index (χ2v) is 45.0. The van der Waals surface area contributed by atoms with Gasteiger partial charge in [0, 0.05) is 0 Å². The normalized spacial score (nSPS) is 13.8. The molecule has 61 heavy (non-hydrogen) atoms. The fourth-order valence-electron chi connectivity index (χ4n) is 7.30. The first-order chi connectivity index (χ1) is 28.4. The Labute approximate surface area is 380 Å². The molecule has 6 rings (SSSR count). The molecule has 0 atom stereocenters. The molecule has 0 aliphatic carbocycles. The first-order valence-corrected chi connectivity index (χ1v) is 36.8. The van der Waals surface area contributed by atoms with Gasteiger partial charge in [0.25, 0.3) is 0 Å². The van der Waals surface area contributed by atoms with Crippen molar-refractivity contribution in [1.29, 1.82) is 0 Å². The zero-order valence-electron chi connectivity index (χ0n) is 40.5. The Bertz CT molecular complexity index is 2140. The first kappa shape index (κ1) is 48.2. The van der Waals surface area contributed by atoms with Crippen LogP contribution in [-0.4, -0.2) is 80.2 Å². The van der Waals surface area contributed by atoms with Gasteiger partial charge in [-0.2, -0.15) is 0 Å². The molecule has 0 saturated heterocycles. The zero-order valence-corrected chi connectivity index (χ0v) is 47.0. The summed E-state index contributed by atoms with van der Waals surface area (Å²) in [7, 11) is -5.34. The van der Waals surface area contributed by atoms with E-state index in [4.69, 9.17) is 13.3 Å². The molecule has 0 aliphatic rings. The summed E-state index contributed by atoms with van der Waals surface area (Å²) < 4.78 is 31.7. The van der Waals surface area contributed by atoms with Crippen LogP contribution >= 0.6 is 0 Å². The van der Waals surface area contributed by atoms with E-state index in [9.17, 15) is 0 Å². The number of hydrogen-bond donors (Lipinski definition) is 0. The van der Waals surface area contributed by atoms with Crippen molar-refractivity contribution in [2.24, 2.45) is 0 Å². The van der Waals surface area contributed by atoms with Gasteiger partial charge in [0.05, 0.1) is 0 Å². The Morgan fingerprint density at radius 2 is 0.672 bits per heavy atom. The van der Waals surface area contributed by atoms with E-state index in [1.54, 1.807) is 0 Å². The molecule has 0 saturated carbocycles. The molecule has 0 radical (unpaired) electrons. The molecule has 10 heteroatoms. The summed E-state index contributed by atoms with van der Waals surface area (Å²) in [6.45, 7) is 40.3. The monoisotopic (exact) mass is 1070 g/mol. The molecule has 3 heterocycles. The standard InChI is InChI=1S/3C17H26NOSi.Bi/c3*1-17(2,3)20(4,5)19-14-8-12-18-13-11-15-9-6-7-10-16(15)18;/h3*6,9-11,13H,8,12,14H2,1-5H3;. The molecule has 3 aromatic carbocycles. The van der Waals surface area contributed by atoms with Crippen LogP contribution in [0.15, 0.2) is 91.4 Å². The molecule has 332 valence electrons. The van der Waals surface area contributed by atoms with Crippen molar-refractivity contribution >= 4 is 89.2 Å². The number of aryl methyl sites for hydroxylation is 3. The van der Waals surface area contributed by atoms with E-state index in [1.165, 1.54) is 42.5 Å². The van der Waals surface area contributed by atoms with Gasteiger partial charge in [-0.15, -0.1) is 0 Å². The Kier molecular flexibility index (Phi) is 14.7.